The quantitative estimate of drug-likeness (QED) is 0.826. The largest absolute Gasteiger partial charge is 0.379 e. The molecule has 0 aliphatic carbocycles. The van der Waals surface area contributed by atoms with Gasteiger partial charge in [-0.05, 0) is 25.0 Å². The van der Waals surface area contributed by atoms with E-state index in [-0.39, 0.29) is 0 Å². The third-order valence-corrected chi connectivity index (χ3v) is 2.88. The highest BCUT2D eigenvalue weighted by atomic mass is 16.3. The Kier molecular flexibility index (Phi) is 2.52. The van der Waals surface area contributed by atoms with Gasteiger partial charge in [-0.15, -0.1) is 5.10 Å². The Balaban J connectivity index is 2.55. The molecule has 1 N–H and O–H groups in total. The van der Waals surface area contributed by atoms with Crippen molar-refractivity contribution in [3.05, 3.63) is 47.3 Å². The fourth-order valence-electron chi connectivity index (χ4n) is 1.99. The van der Waals surface area contributed by atoms with Gasteiger partial charge in [0.15, 0.2) is 0 Å². The average molecular weight is 217 g/mol. The second-order valence-electron chi connectivity index (χ2n) is 4.13. The highest BCUT2D eigenvalue weighted by molar-refractivity contribution is 5.36. The molecule has 0 aliphatic heterocycles. The maximum absolute atomic E-state index is 10.6. The van der Waals surface area contributed by atoms with Crippen LogP contribution in [0, 0.1) is 6.92 Å². The number of rotatable bonds is 2. The Labute approximate surface area is 94.5 Å². The van der Waals surface area contributed by atoms with Crippen LogP contribution in [0.4, 0.5) is 0 Å². The van der Waals surface area contributed by atoms with Crippen LogP contribution in [0.15, 0.2) is 30.5 Å². The monoisotopic (exact) mass is 217 g/mol. The van der Waals surface area contributed by atoms with Crippen molar-refractivity contribution < 1.29 is 5.11 Å². The summed E-state index contributed by atoms with van der Waals surface area (Å²) in [7, 11) is 1.77. The molecule has 4 nitrogen and oxygen atoms in total. The van der Waals surface area contributed by atoms with Crippen LogP contribution in [0.2, 0.25) is 0 Å². The first-order chi connectivity index (χ1) is 7.53. The molecule has 0 fully saturated rings. The number of benzene rings is 1. The van der Waals surface area contributed by atoms with E-state index in [1.54, 1.807) is 24.9 Å². The number of aryl methyl sites for hydroxylation is 2. The first kappa shape index (κ1) is 10.8. The van der Waals surface area contributed by atoms with E-state index in [0.717, 1.165) is 11.1 Å². The fourth-order valence-corrected chi connectivity index (χ4v) is 1.99. The van der Waals surface area contributed by atoms with Crippen molar-refractivity contribution >= 4 is 0 Å². The summed E-state index contributed by atoms with van der Waals surface area (Å²) in [5.41, 5.74) is 1.54. The molecular formula is C12H15N3O. The van der Waals surface area contributed by atoms with E-state index in [1.165, 1.54) is 0 Å². The second-order valence-corrected chi connectivity index (χ2v) is 4.13. The highest BCUT2D eigenvalue weighted by Crippen LogP contribution is 2.29. The van der Waals surface area contributed by atoms with Gasteiger partial charge in [-0.25, -0.2) is 4.68 Å². The van der Waals surface area contributed by atoms with Crippen molar-refractivity contribution in [1.29, 1.82) is 0 Å². The third-order valence-electron chi connectivity index (χ3n) is 2.88. The van der Waals surface area contributed by atoms with Gasteiger partial charge < -0.3 is 5.11 Å². The summed E-state index contributed by atoms with van der Waals surface area (Å²) in [6, 6.07) is 7.77. The molecule has 1 aromatic heterocycles. The van der Waals surface area contributed by atoms with E-state index in [9.17, 15) is 5.11 Å². The van der Waals surface area contributed by atoms with Gasteiger partial charge in [-0.2, -0.15) is 0 Å². The van der Waals surface area contributed by atoms with Crippen molar-refractivity contribution in [3.8, 4) is 0 Å². The van der Waals surface area contributed by atoms with Crippen LogP contribution in [-0.2, 0) is 12.6 Å². The number of aromatic nitrogens is 3. The SMILES string of the molecule is Cc1ccccc1C(C)(O)c1cnnn1C. The fraction of sp³-hybridized carbons (Fsp3) is 0.333. The molecule has 1 heterocycles. The van der Waals surface area contributed by atoms with E-state index in [0.29, 0.717) is 5.69 Å². The maximum Gasteiger partial charge on any atom is 0.130 e. The normalized spacial score (nSPS) is 14.8. The maximum atomic E-state index is 10.6. The third kappa shape index (κ3) is 1.61. The van der Waals surface area contributed by atoms with E-state index >= 15 is 0 Å². The van der Waals surface area contributed by atoms with Gasteiger partial charge in [0.05, 0.1) is 11.9 Å². The number of hydrogen-bond donors (Lipinski definition) is 1. The molecule has 1 atom stereocenters. The summed E-state index contributed by atoms with van der Waals surface area (Å²) < 4.78 is 1.59. The smallest absolute Gasteiger partial charge is 0.130 e. The lowest BCUT2D eigenvalue weighted by Crippen LogP contribution is -2.27. The molecule has 0 spiro atoms. The summed E-state index contributed by atoms with van der Waals surface area (Å²) in [6.45, 7) is 3.74. The molecular weight excluding hydrogens is 202 g/mol. The average Bonchev–Trinajstić information content (AvgIpc) is 2.65. The van der Waals surface area contributed by atoms with Crippen molar-refractivity contribution in [2.75, 3.05) is 0 Å². The first-order valence-electron chi connectivity index (χ1n) is 5.17. The summed E-state index contributed by atoms with van der Waals surface area (Å²) in [5, 5.41) is 18.2. The summed E-state index contributed by atoms with van der Waals surface area (Å²) >= 11 is 0. The van der Waals surface area contributed by atoms with Crippen LogP contribution in [-0.4, -0.2) is 20.1 Å². The highest BCUT2D eigenvalue weighted by Gasteiger charge is 2.30. The second kappa shape index (κ2) is 3.72. The number of aliphatic hydroxyl groups is 1. The summed E-state index contributed by atoms with van der Waals surface area (Å²) in [4.78, 5) is 0. The topological polar surface area (TPSA) is 50.9 Å². The summed E-state index contributed by atoms with van der Waals surface area (Å²) in [5.74, 6) is 0. The van der Waals surface area contributed by atoms with Gasteiger partial charge >= 0.3 is 0 Å². The Morgan fingerprint density at radius 1 is 1.31 bits per heavy atom. The predicted molar refractivity (Wildman–Crippen MR) is 60.9 cm³/mol. The number of nitrogens with zero attached hydrogens (tertiary/aromatic N) is 3. The van der Waals surface area contributed by atoms with Crippen LogP contribution < -0.4 is 0 Å². The molecule has 0 saturated carbocycles. The Hall–Kier alpha value is -1.68. The Morgan fingerprint density at radius 2 is 2.00 bits per heavy atom. The van der Waals surface area contributed by atoms with Gasteiger partial charge in [-0.1, -0.05) is 29.5 Å². The standard InChI is InChI=1S/C12H15N3O/c1-9-6-4-5-7-10(9)12(2,16)11-8-13-14-15(11)3/h4-8,16H,1-3H3. The first-order valence-corrected chi connectivity index (χ1v) is 5.17. The molecule has 1 aromatic carbocycles. The van der Waals surface area contributed by atoms with E-state index in [4.69, 9.17) is 0 Å². The van der Waals surface area contributed by atoms with Gasteiger partial charge in [-0.3, -0.25) is 0 Å². The molecule has 0 amide bonds. The minimum Gasteiger partial charge on any atom is -0.379 e. The van der Waals surface area contributed by atoms with Crippen LogP contribution in [0.25, 0.3) is 0 Å². The van der Waals surface area contributed by atoms with Crippen LogP contribution in [0.5, 0.6) is 0 Å². The zero-order chi connectivity index (χ0) is 11.8. The van der Waals surface area contributed by atoms with Crippen LogP contribution in [0.3, 0.4) is 0 Å². The molecule has 0 bridgehead atoms. The van der Waals surface area contributed by atoms with Gasteiger partial charge in [0.2, 0.25) is 0 Å². The van der Waals surface area contributed by atoms with Crippen molar-refractivity contribution in [3.63, 3.8) is 0 Å². The van der Waals surface area contributed by atoms with Crippen molar-refractivity contribution in [2.24, 2.45) is 7.05 Å². The molecule has 16 heavy (non-hydrogen) atoms. The molecule has 1 unspecified atom stereocenters. The lowest BCUT2D eigenvalue weighted by molar-refractivity contribution is 0.0922. The molecule has 2 rings (SSSR count). The van der Waals surface area contributed by atoms with Crippen molar-refractivity contribution in [2.45, 2.75) is 19.4 Å². The molecule has 0 saturated heterocycles. The van der Waals surface area contributed by atoms with E-state index in [2.05, 4.69) is 10.3 Å². The Morgan fingerprint density at radius 3 is 2.56 bits per heavy atom. The lowest BCUT2D eigenvalue weighted by Gasteiger charge is -2.25. The van der Waals surface area contributed by atoms with Gasteiger partial charge in [0.1, 0.15) is 5.60 Å². The minimum atomic E-state index is -1.07. The van der Waals surface area contributed by atoms with E-state index in [1.807, 2.05) is 31.2 Å². The van der Waals surface area contributed by atoms with Gasteiger partial charge in [0, 0.05) is 7.05 Å². The zero-order valence-corrected chi connectivity index (χ0v) is 9.68. The molecule has 0 aliphatic rings. The molecule has 84 valence electrons. The Bertz CT molecular complexity index is 502. The molecule has 0 radical (unpaired) electrons. The van der Waals surface area contributed by atoms with Crippen LogP contribution in [0.1, 0.15) is 23.7 Å². The lowest BCUT2D eigenvalue weighted by atomic mass is 9.89. The molecule has 4 heteroatoms. The zero-order valence-electron chi connectivity index (χ0n) is 9.68. The minimum absolute atomic E-state index is 0.682. The number of hydrogen-bond acceptors (Lipinski definition) is 3. The van der Waals surface area contributed by atoms with Crippen LogP contribution >= 0.6 is 0 Å². The van der Waals surface area contributed by atoms with Crippen molar-refractivity contribution in [1.82, 2.24) is 15.0 Å². The van der Waals surface area contributed by atoms with E-state index < -0.39 is 5.60 Å². The van der Waals surface area contributed by atoms with Gasteiger partial charge in [0.25, 0.3) is 0 Å². The molecule has 2 aromatic rings. The summed E-state index contributed by atoms with van der Waals surface area (Å²) in [6.07, 6.45) is 1.59. The predicted octanol–water partition coefficient (Wildman–Crippen LogP) is 1.38.